The molecular formula is C12H13ClO5. The van der Waals surface area contributed by atoms with Gasteiger partial charge in [-0.3, -0.25) is 0 Å². The number of carbonyl (C=O) groups is 1. The summed E-state index contributed by atoms with van der Waals surface area (Å²) >= 11 is 6.03. The van der Waals surface area contributed by atoms with Crippen LogP contribution in [0.4, 0.5) is 0 Å². The molecule has 1 unspecified atom stereocenters. The highest BCUT2D eigenvalue weighted by molar-refractivity contribution is 6.32. The van der Waals surface area contributed by atoms with Crippen LogP contribution in [0.2, 0.25) is 5.02 Å². The SMILES string of the molecule is CC(C)(c1cc(Cl)c2c(c1)OCO2)C(O)C(=O)O. The summed E-state index contributed by atoms with van der Waals surface area (Å²) in [5, 5.41) is 19.0. The van der Waals surface area contributed by atoms with Crippen molar-refractivity contribution in [2.75, 3.05) is 6.79 Å². The Kier molecular flexibility index (Phi) is 3.12. The monoisotopic (exact) mass is 272 g/mol. The lowest BCUT2D eigenvalue weighted by Gasteiger charge is -2.28. The molecule has 2 rings (SSSR count). The van der Waals surface area contributed by atoms with Crippen LogP contribution in [0, 0.1) is 0 Å². The molecule has 0 amide bonds. The number of aliphatic hydroxyl groups is 1. The lowest BCUT2D eigenvalue weighted by atomic mass is 9.79. The van der Waals surface area contributed by atoms with E-state index in [4.69, 9.17) is 26.2 Å². The highest BCUT2D eigenvalue weighted by atomic mass is 35.5. The van der Waals surface area contributed by atoms with E-state index in [2.05, 4.69) is 0 Å². The minimum Gasteiger partial charge on any atom is -0.479 e. The van der Waals surface area contributed by atoms with Crippen molar-refractivity contribution in [1.82, 2.24) is 0 Å². The fourth-order valence-corrected chi connectivity index (χ4v) is 2.07. The molecule has 0 aromatic heterocycles. The molecule has 5 nitrogen and oxygen atoms in total. The Balaban J connectivity index is 2.45. The molecule has 1 atom stereocenters. The first-order valence-corrected chi connectivity index (χ1v) is 5.72. The summed E-state index contributed by atoms with van der Waals surface area (Å²) in [7, 11) is 0. The number of rotatable bonds is 3. The largest absolute Gasteiger partial charge is 0.479 e. The summed E-state index contributed by atoms with van der Waals surface area (Å²) in [5.41, 5.74) is -0.414. The average molecular weight is 273 g/mol. The van der Waals surface area contributed by atoms with Crippen LogP contribution in [0.5, 0.6) is 11.5 Å². The zero-order chi connectivity index (χ0) is 13.5. The molecule has 0 saturated carbocycles. The van der Waals surface area contributed by atoms with Gasteiger partial charge in [-0.15, -0.1) is 0 Å². The van der Waals surface area contributed by atoms with Crippen molar-refractivity contribution in [2.45, 2.75) is 25.4 Å². The predicted molar refractivity (Wildman–Crippen MR) is 64.2 cm³/mol. The Morgan fingerprint density at radius 2 is 2.11 bits per heavy atom. The molecule has 0 bridgehead atoms. The van der Waals surface area contributed by atoms with Gasteiger partial charge in [-0.1, -0.05) is 25.4 Å². The summed E-state index contributed by atoms with van der Waals surface area (Å²) in [6.45, 7) is 3.33. The first-order chi connectivity index (χ1) is 8.34. The fraction of sp³-hybridized carbons (Fsp3) is 0.417. The standard InChI is InChI=1S/C12H13ClO5/c1-12(2,10(14)11(15)16)6-3-7(13)9-8(4-6)17-5-18-9/h3-4,10,14H,5H2,1-2H3,(H,15,16). The topological polar surface area (TPSA) is 76.0 Å². The van der Waals surface area contributed by atoms with E-state index in [1.54, 1.807) is 26.0 Å². The number of carboxylic acids is 1. The predicted octanol–water partition coefficient (Wildman–Crippen LogP) is 1.79. The van der Waals surface area contributed by atoms with Crippen molar-refractivity contribution >= 4 is 17.6 Å². The van der Waals surface area contributed by atoms with Crippen LogP contribution >= 0.6 is 11.6 Å². The van der Waals surface area contributed by atoms with Gasteiger partial charge in [0.25, 0.3) is 0 Å². The Hall–Kier alpha value is -1.46. The van der Waals surface area contributed by atoms with Crippen molar-refractivity contribution in [3.63, 3.8) is 0 Å². The second-order valence-corrected chi connectivity index (χ2v) is 5.06. The highest BCUT2D eigenvalue weighted by Gasteiger charge is 2.36. The average Bonchev–Trinajstić information content (AvgIpc) is 2.76. The molecular weight excluding hydrogens is 260 g/mol. The number of aliphatic carboxylic acids is 1. The molecule has 0 aliphatic carbocycles. The van der Waals surface area contributed by atoms with Crippen LogP contribution in [-0.4, -0.2) is 29.1 Å². The molecule has 98 valence electrons. The van der Waals surface area contributed by atoms with Crippen molar-refractivity contribution in [3.05, 3.63) is 22.7 Å². The first kappa shape index (κ1) is 13.0. The van der Waals surface area contributed by atoms with Crippen LogP contribution in [0.25, 0.3) is 0 Å². The minimum absolute atomic E-state index is 0.0837. The Bertz CT molecular complexity index is 497. The molecule has 0 fully saturated rings. The van der Waals surface area contributed by atoms with E-state index in [0.717, 1.165) is 0 Å². The fourth-order valence-electron chi connectivity index (χ4n) is 1.81. The Morgan fingerprint density at radius 1 is 1.44 bits per heavy atom. The number of hydrogen-bond donors (Lipinski definition) is 2. The molecule has 0 radical (unpaired) electrons. The van der Waals surface area contributed by atoms with Gasteiger partial charge in [-0.05, 0) is 17.7 Å². The van der Waals surface area contributed by atoms with Crippen molar-refractivity contribution in [3.8, 4) is 11.5 Å². The Labute approximate surface area is 109 Å². The number of benzene rings is 1. The third kappa shape index (κ3) is 2.00. The van der Waals surface area contributed by atoms with Gasteiger partial charge < -0.3 is 19.7 Å². The third-order valence-corrected chi connectivity index (χ3v) is 3.37. The van der Waals surface area contributed by atoms with Gasteiger partial charge in [-0.2, -0.15) is 0 Å². The van der Waals surface area contributed by atoms with Gasteiger partial charge in [0.2, 0.25) is 6.79 Å². The van der Waals surface area contributed by atoms with E-state index < -0.39 is 17.5 Å². The van der Waals surface area contributed by atoms with Gasteiger partial charge in [-0.25, -0.2) is 4.79 Å². The zero-order valence-corrected chi connectivity index (χ0v) is 10.7. The molecule has 0 saturated heterocycles. The summed E-state index contributed by atoms with van der Waals surface area (Å²) < 4.78 is 10.4. The second-order valence-electron chi connectivity index (χ2n) is 4.65. The van der Waals surface area contributed by atoms with Crippen molar-refractivity contribution in [1.29, 1.82) is 0 Å². The summed E-state index contributed by atoms with van der Waals surface area (Å²) in [4.78, 5) is 10.9. The van der Waals surface area contributed by atoms with Crippen molar-refractivity contribution < 1.29 is 24.5 Å². The highest BCUT2D eigenvalue weighted by Crippen LogP contribution is 2.43. The number of ether oxygens (including phenoxy) is 2. The van der Waals surface area contributed by atoms with Crippen molar-refractivity contribution in [2.24, 2.45) is 0 Å². The lowest BCUT2D eigenvalue weighted by Crippen LogP contribution is -2.39. The normalized spacial score (nSPS) is 15.6. The maximum atomic E-state index is 10.9. The van der Waals surface area contributed by atoms with Gasteiger partial charge >= 0.3 is 5.97 Å². The van der Waals surface area contributed by atoms with Crippen LogP contribution in [0.15, 0.2) is 12.1 Å². The van der Waals surface area contributed by atoms with Crippen LogP contribution in [0.1, 0.15) is 19.4 Å². The van der Waals surface area contributed by atoms with Crippen LogP contribution in [0.3, 0.4) is 0 Å². The van der Waals surface area contributed by atoms with E-state index in [9.17, 15) is 9.90 Å². The number of halogens is 1. The first-order valence-electron chi connectivity index (χ1n) is 5.34. The maximum absolute atomic E-state index is 10.9. The Morgan fingerprint density at radius 3 is 2.72 bits per heavy atom. The molecule has 1 aliphatic rings. The summed E-state index contributed by atoms with van der Waals surface area (Å²) in [6.07, 6.45) is -1.53. The summed E-state index contributed by atoms with van der Waals surface area (Å²) in [5.74, 6) is -0.377. The molecule has 1 heterocycles. The van der Waals surface area contributed by atoms with E-state index in [1.165, 1.54) is 0 Å². The zero-order valence-electron chi connectivity index (χ0n) is 9.94. The maximum Gasteiger partial charge on any atom is 0.333 e. The van der Waals surface area contributed by atoms with E-state index in [-0.39, 0.29) is 6.79 Å². The second kappa shape index (κ2) is 4.33. The molecule has 1 aromatic carbocycles. The quantitative estimate of drug-likeness (QED) is 0.877. The van der Waals surface area contributed by atoms with E-state index in [1.807, 2.05) is 0 Å². The summed E-state index contributed by atoms with van der Waals surface area (Å²) in [6, 6.07) is 3.22. The molecule has 6 heteroatoms. The number of fused-ring (bicyclic) bond motifs is 1. The van der Waals surface area contributed by atoms with Gasteiger partial charge in [0.1, 0.15) is 0 Å². The van der Waals surface area contributed by atoms with Gasteiger partial charge in [0.05, 0.1) is 5.02 Å². The van der Waals surface area contributed by atoms with Gasteiger partial charge in [0, 0.05) is 5.41 Å². The number of carboxylic acid groups (broad SMARTS) is 1. The minimum atomic E-state index is -1.53. The molecule has 2 N–H and O–H groups in total. The number of hydrogen-bond acceptors (Lipinski definition) is 4. The molecule has 1 aliphatic heterocycles. The molecule has 1 aromatic rings. The third-order valence-electron chi connectivity index (χ3n) is 3.09. The van der Waals surface area contributed by atoms with Crippen LogP contribution < -0.4 is 9.47 Å². The molecule has 0 spiro atoms. The molecule has 18 heavy (non-hydrogen) atoms. The van der Waals surface area contributed by atoms with Crippen LogP contribution in [-0.2, 0) is 10.2 Å². The van der Waals surface area contributed by atoms with E-state index >= 15 is 0 Å². The van der Waals surface area contributed by atoms with E-state index in [0.29, 0.717) is 22.1 Å². The lowest BCUT2D eigenvalue weighted by molar-refractivity contribution is -0.150. The number of aliphatic hydroxyl groups excluding tert-OH is 1. The van der Waals surface area contributed by atoms with Gasteiger partial charge in [0.15, 0.2) is 17.6 Å². The smallest absolute Gasteiger partial charge is 0.333 e.